The maximum atomic E-state index is 13.5. The van der Waals surface area contributed by atoms with Crippen LogP contribution in [-0.2, 0) is 53.5 Å². The Labute approximate surface area is 465 Å². The summed E-state index contributed by atoms with van der Waals surface area (Å²) in [5, 5.41) is 27.6. The molecule has 3 amide bonds. The molecule has 0 radical (unpaired) electrons. The van der Waals surface area contributed by atoms with Gasteiger partial charge in [0.25, 0.3) is 26.1 Å². The molecule has 4 unspecified atom stereocenters. The molecule has 0 bridgehead atoms. The fourth-order valence-electron chi connectivity index (χ4n) is 8.97. The van der Waals surface area contributed by atoms with E-state index in [-0.39, 0.29) is 84.5 Å². The summed E-state index contributed by atoms with van der Waals surface area (Å²) in [7, 11) is -10.4. The Balaban J connectivity index is 0.990. The molecular formula is C51H66IN5O19S2. The highest BCUT2D eigenvalue weighted by Gasteiger charge is 2.48. The Kier molecular flexibility index (Phi) is 24.7. The van der Waals surface area contributed by atoms with Crippen LogP contribution in [0.3, 0.4) is 0 Å². The minimum absolute atomic E-state index is 0.0647. The van der Waals surface area contributed by atoms with E-state index < -0.39 is 82.6 Å². The third-order valence-electron chi connectivity index (χ3n) is 12.8. The number of nitrogens with one attached hydrogen (secondary N) is 3. The van der Waals surface area contributed by atoms with Crippen molar-refractivity contribution >= 4 is 89.6 Å². The fourth-order valence-corrected chi connectivity index (χ4v) is 11.0. The molecule has 1 fully saturated rings. The van der Waals surface area contributed by atoms with Gasteiger partial charge < -0.3 is 60.0 Å². The molecule has 78 heavy (non-hydrogen) atoms. The van der Waals surface area contributed by atoms with E-state index in [1.165, 1.54) is 53.9 Å². The number of nitrogens with two attached hydrogens (primary N) is 1. The second-order valence-corrected chi connectivity index (χ2v) is 21.4. The standard InChI is InChI=1S/C51H66IN5O19S2/c1-3-5-9-32-33(10-6-4-2)38(32)30-75-51(64)55-20-22-72-24-26-74-28-27-73-25-23-71-21-18-42(58)54-19-8-7-11-41(50(62)63)56-48(59)31-12-13-34(37(29-31)49(60)61)43-35-14-16-39(53)46(77(65,66)67)44(35)76-45-36(43)15-17-40(57-52)47(45)78(68,69)70/h3,12-17,29,32-33,38,41H,1,4-11,18-28,30,53H2,2H3,(H,54,58)(H,55,64)(H,56,59)(H,60,61)(H,62,63)(H,65,66,67)(H,68,69,70). The molecule has 3 aliphatic rings. The number of carboxylic acid groups (broad SMARTS) is 2. The molecule has 27 heteroatoms. The van der Waals surface area contributed by atoms with E-state index in [4.69, 9.17) is 33.8 Å². The number of ether oxygens (including phenoxy) is 5. The smallest absolute Gasteiger partial charge is 0.407 e. The first-order valence-electron chi connectivity index (χ1n) is 25.2. The number of unbranched alkanes of at least 4 members (excludes halogenated alkanes) is 2. The van der Waals surface area contributed by atoms with Gasteiger partial charge in [-0.3, -0.25) is 18.7 Å². The first-order chi connectivity index (χ1) is 37.2. The van der Waals surface area contributed by atoms with Crippen molar-refractivity contribution in [2.45, 2.75) is 80.5 Å². The second kappa shape index (κ2) is 30.5. The number of benzene rings is 3. The highest BCUT2D eigenvalue weighted by molar-refractivity contribution is 14.1. The Morgan fingerprint density at radius 3 is 2.05 bits per heavy atom. The summed E-state index contributed by atoms with van der Waals surface area (Å²) in [6.45, 7) is 9.30. The molecular weight excluding hydrogens is 1180 g/mol. The molecule has 1 heterocycles. The maximum absolute atomic E-state index is 13.5. The number of carbonyl (C=O) groups excluding carboxylic acids is 3. The molecule has 1 aliphatic heterocycles. The number of aliphatic carboxylic acids is 1. The molecule has 2 aromatic carbocycles. The maximum Gasteiger partial charge on any atom is 0.407 e. The van der Waals surface area contributed by atoms with Crippen LogP contribution in [0.4, 0.5) is 10.5 Å². The lowest BCUT2D eigenvalue weighted by atomic mass is 9.89. The molecule has 1 saturated carbocycles. The van der Waals surface area contributed by atoms with E-state index in [0.29, 0.717) is 70.4 Å². The van der Waals surface area contributed by atoms with Crippen LogP contribution in [0.2, 0.25) is 0 Å². The third kappa shape index (κ3) is 18.1. The fraction of sp³-hybridized carbons (Fsp3) is 0.490. The number of carbonyl (C=O) groups is 5. The molecule has 2 aromatic rings. The van der Waals surface area contributed by atoms with Crippen molar-refractivity contribution in [1.82, 2.24) is 16.0 Å². The number of halogens is 1. The van der Waals surface area contributed by atoms with Crippen LogP contribution in [0.5, 0.6) is 0 Å². The zero-order valence-electron chi connectivity index (χ0n) is 42.9. The summed E-state index contributed by atoms with van der Waals surface area (Å²) in [4.78, 5) is 61.1. The topological polar surface area (TPSA) is 368 Å². The van der Waals surface area contributed by atoms with E-state index in [1.54, 1.807) is 0 Å². The largest absolute Gasteiger partial charge is 0.480 e. The van der Waals surface area contributed by atoms with Gasteiger partial charge in [-0.25, -0.2) is 17.6 Å². The van der Waals surface area contributed by atoms with Crippen LogP contribution >= 0.6 is 22.9 Å². The van der Waals surface area contributed by atoms with Gasteiger partial charge in [0.05, 0.1) is 98.9 Å². The van der Waals surface area contributed by atoms with Crippen LogP contribution in [0.1, 0.15) is 85.4 Å². The van der Waals surface area contributed by atoms with Gasteiger partial charge in [-0.05, 0) is 98.2 Å². The van der Waals surface area contributed by atoms with Crippen LogP contribution in [0.25, 0.3) is 33.4 Å². The van der Waals surface area contributed by atoms with Crippen molar-refractivity contribution < 1.29 is 88.2 Å². The molecule has 0 spiro atoms. The lowest BCUT2D eigenvalue weighted by Crippen LogP contribution is -2.41. The van der Waals surface area contributed by atoms with E-state index in [2.05, 4.69) is 32.7 Å². The second-order valence-electron chi connectivity index (χ2n) is 18.2. The predicted molar refractivity (Wildman–Crippen MR) is 291 cm³/mol. The van der Waals surface area contributed by atoms with Gasteiger partial charge in [0, 0.05) is 41.6 Å². The molecule has 5 rings (SSSR count). The summed E-state index contributed by atoms with van der Waals surface area (Å²) in [5.74, 6) is -3.30. The number of hydrogen-bond donors (Lipinski definition) is 8. The number of hydrogen-bond acceptors (Lipinski definition) is 17. The lowest BCUT2D eigenvalue weighted by Gasteiger charge is -2.20. The minimum Gasteiger partial charge on any atom is -0.480 e. The van der Waals surface area contributed by atoms with E-state index in [0.717, 1.165) is 43.5 Å². The van der Waals surface area contributed by atoms with Gasteiger partial charge in [0.2, 0.25) is 5.91 Å². The first-order valence-corrected chi connectivity index (χ1v) is 29.0. The minimum atomic E-state index is -5.20. The summed E-state index contributed by atoms with van der Waals surface area (Å²) < 4.78 is 108. The molecule has 4 atom stereocenters. The average molecular weight is 1240 g/mol. The SMILES string of the molecule is C=CCCC1C(CCCC)C1COC(=O)NCCOCCOCCOCCOCCC(=O)NCCCCC(NC(=O)c1ccc(-c2c3ccc(=NI)c(S(=O)(=O)O)c-3oc3c(S(=O)(=O)O)c(N)ccc23)c(C(=O)O)c1)C(=O)O. The van der Waals surface area contributed by atoms with E-state index in [1.807, 2.05) is 6.08 Å². The van der Waals surface area contributed by atoms with Gasteiger partial charge in [-0.1, -0.05) is 31.9 Å². The summed E-state index contributed by atoms with van der Waals surface area (Å²) in [6, 6.07) is 6.55. The number of aromatic carboxylic acids is 1. The van der Waals surface area contributed by atoms with Crippen molar-refractivity contribution in [2.75, 3.05) is 78.3 Å². The lowest BCUT2D eigenvalue weighted by molar-refractivity contribution is -0.139. The quantitative estimate of drug-likeness (QED) is 0.00663. The van der Waals surface area contributed by atoms with Crippen LogP contribution < -0.4 is 27.0 Å². The van der Waals surface area contributed by atoms with E-state index in [9.17, 15) is 60.1 Å². The Hall–Kier alpha value is -5.79. The van der Waals surface area contributed by atoms with Crippen LogP contribution in [0, 0.1) is 17.8 Å². The highest BCUT2D eigenvalue weighted by Crippen LogP contribution is 2.52. The first kappa shape index (κ1) is 63.0. The van der Waals surface area contributed by atoms with Gasteiger partial charge in [-0.15, -0.1) is 6.58 Å². The van der Waals surface area contributed by atoms with Gasteiger partial charge in [0.15, 0.2) is 21.1 Å². The Bertz CT molecular complexity index is 3030. The van der Waals surface area contributed by atoms with Gasteiger partial charge >= 0.3 is 18.0 Å². The normalized spacial score (nSPS) is 15.9. The molecule has 0 aromatic heterocycles. The van der Waals surface area contributed by atoms with Crippen molar-refractivity contribution in [3.8, 4) is 22.5 Å². The summed E-state index contributed by atoms with van der Waals surface area (Å²) in [5.41, 5.74) is 3.22. The van der Waals surface area contributed by atoms with Gasteiger partial charge in [0.1, 0.15) is 6.04 Å². The molecule has 428 valence electrons. The number of alkyl carbamates (subject to hydrolysis) is 1. The summed E-state index contributed by atoms with van der Waals surface area (Å²) in [6.07, 6.45) is 7.68. The van der Waals surface area contributed by atoms with Crippen LogP contribution in [0.15, 0.2) is 72.5 Å². The number of anilines is 1. The van der Waals surface area contributed by atoms with E-state index >= 15 is 0 Å². The third-order valence-corrected chi connectivity index (χ3v) is 15.2. The molecule has 9 N–H and O–H groups in total. The number of fused-ring (bicyclic) bond motifs is 2. The van der Waals surface area contributed by atoms with Crippen molar-refractivity contribution in [1.29, 1.82) is 0 Å². The zero-order chi connectivity index (χ0) is 57.0. The molecule has 24 nitrogen and oxygen atoms in total. The molecule has 2 aliphatic carbocycles. The zero-order valence-corrected chi connectivity index (χ0v) is 46.7. The predicted octanol–water partition coefficient (Wildman–Crippen LogP) is 5.90. The number of nitrogens with zero attached hydrogens (tertiary/aromatic N) is 1. The number of carboxylic acids is 2. The monoisotopic (exact) mass is 1240 g/mol. The number of allylic oxidation sites excluding steroid dienone is 1. The number of amides is 3. The number of rotatable bonds is 35. The van der Waals surface area contributed by atoms with Crippen molar-refractivity contribution in [2.24, 2.45) is 21.0 Å². The average Bonchev–Trinajstić information content (AvgIpc) is 4.12. The Morgan fingerprint density at radius 1 is 0.795 bits per heavy atom. The van der Waals surface area contributed by atoms with Crippen molar-refractivity contribution in [3.05, 3.63) is 71.6 Å². The molecule has 0 saturated heterocycles. The van der Waals surface area contributed by atoms with Gasteiger partial charge in [-0.2, -0.15) is 16.8 Å². The summed E-state index contributed by atoms with van der Waals surface area (Å²) >= 11 is 1.45. The van der Waals surface area contributed by atoms with Crippen LogP contribution in [-0.4, -0.2) is 145 Å². The number of nitrogen functional groups attached to an aromatic ring is 1. The van der Waals surface area contributed by atoms with Crippen molar-refractivity contribution in [3.63, 3.8) is 0 Å². The Morgan fingerprint density at radius 2 is 1.44 bits per heavy atom. The highest BCUT2D eigenvalue weighted by atomic mass is 127.